The van der Waals surface area contributed by atoms with Gasteiger partial charge in [-0.2, -0.15) is 0 Å². The van der Waals surface area contributed by atoms with Crippen molar-refractivity contribution in [3.63, 3.8) is 0 Å². The van der Waals surface area contributed by atoms with Crippen molar-refractivity contribution in [1.29, 1.82) is 0 Å². The molecule has 0 radical (unpaired) electrons. The predicted octanol–water partition coefficient (Wildman–Crippen LogP) is 3.83. The third-order valence-corrected chi connectivity index (χ3v) is 4.06. The first kappa shape index (κ1) is 13.0. The van der Waals surface area contributed by atoms with Crippen molar-refractivity contribution in [2.24, 2.45) is 5.73 Å². The summed E-state index contributed by atoms with van der Waals surface area (Å²) in [5.41, 5.74) is 11.6. The van der Waals surface area contributed by atoms with Crippen LogP contribution in [0.1, 0.15) is 16.7 Å². The van der Waals surface area contributed by atoms with E-state index in [1.807, 2.05) is 30.4 Å². The van der Waals surface area contributed by atoms with E-state index in [4.69, 9.17) is 10.5 Å². The summed E-state index contributed by atoms with van der Waals surface area (Å²) in [6.07, 6.45) is 8.82. The molecule has 2 N–H and O–H groups in total. The van der Waals surface area contributed by atoms with Gasteiger partial charge in [0.1, 0.15) is 11.9 Å². The van der Waals surface area contributed by atoms with Crippen LogP contribution in [0, 0.1) is 0 Å². The van der Waals surface area contributed by atoms with Gasteiger partial charge in [0.25, 0.3) is 0 Å². The van der Waals surface area contributed by atoms with Crippen LogP contribution in [0.25, 0.3) is 5.57 Å². The number of fused-ring (bicyclic) bond motifs is 3. The predicted molar refractivity (Wildman–Crippen MR) is 89.5 cm³/mol. The molecule has 1 unspecified atom stereocenters. The summed E-state index contributed by atoms with van der Waals surface area (Å²) in [6, 6.07) is 16.9. The van der Waals surface area contributed by atoms with Crippen LogP contribution in [0.4, 0.5) is 0 Å². The van der Waals surface area contributed by atoms with Crippen LogP contribution < -0.4 is 10.5 Å². The lowest BCUT2D eigenvalue weighted by Crippen LogP contribution is -2.07. The Morgan fingerprint density at radius 1 is 1.00 bits per heavy atom. The van der Waals surface area contributed by atoms with Crippen molar-refractivity contribution in [1.82, 2.24) is 0 Å². The van der Waals surface area contributed by atoms with Crippen LogP contribution in [0.15, 0.2) is 78.5 Å². The van der Waals surface area contributed by atoms with Crippen LogP contribution in [0.2, 0.25) is 0 Å². The van der Waals surface area contributed by atoms with Gasteiger partial charge in [-0.3, -0.25) is 0 Å². The summed E-state index contributed by atoms with van der Waals surface area (Å²) in [6.45, 7) is 0. The zero-order chi connectivity index (χ0) is 14.9. The lowest BCUT2D eigenvalue weighted by atomic mass is 9.97. The minimum atomic E-state index is -0.0284. The number of allylic oxidation sites excluding steroid dienone is 3. The number of nitrogens with two attached hydrogens (primary N) is 1. The highest BCUT2D eigenvalue weighted by Gasteiger charge is 2.27. The lowest BCUT2D eigenvalue weighted by Gasteiger charge is -2.05. The average molecular weight is 287 g/mol. The van der Waals surface area contributed by atoms with Crippen LogP contribution in [-0.2, 0) is 6.42 Å². The van der Waals surface area contributed by atoms with E-state index in [2.05, 4.69) is 42.5 Å². The van der Waals surface area contributed by atoms with E-state index in [0.717, 1.165) is 29.0 Å². The fourth-order valence-electron chi connectivity index (χ4n) is 3.00. The number of ether oxygens (including phenoxy) is 1. The Hall–Kier alpha value is -2.74. The molecule has 22 heavy (non-hydrogen) atoms. The number of hydrogen-bond acceptors (Lipinski definition) is 2. The monoisotopic (exact) mass is 287 g/mol. The zero-order valence-electron chi connectivity index (χ0n) is 12.2. The minimum absolute atomic E-state index is 0.0284. The summed E-state index contributed by atoms with van der Waals surface area (Å²) < 4.78 is 6.00. The molecule has 1 atom stereocenters. The second kappa shape index (κ2) is 5.23. The first-order valence-corrected chi connectivity index (χ1v) is 7.49. The quantitative estimate of drug-likeness (QED) is 0.911. The van der Waals surface area contributed by atoms with E-state index in [0.29, 0.717) is 0 Å². The van der Waals surface area contributed by atoms with Crippen molar-refractivity contribution in [2.75, 3.05) is 0 Å². The molecule has 2 heteroatoms. The smallest absolute Gasteiger partial charge is 0.143 e. The van der Waals surface area contributed by atoms with Crippen molar-refractivity contribution >= 4 is 5.57 Å². The molecule has 108 valence electrons. The standard InChI is InChI=1S/C20H17NO/c21-16-7-4-8-19-18(13-16)17-12-15(9-10-20(17)22-19)11-14-5-2-1-3-6-14/h1-10,12-13,19H,11,21H2. The molecule has 2 aromatic carbocycles. The Morgan fingerprint density at radius 2 is 1.86 bits per heavy atom. The van der Waals surface area contributed by atoms with E-state index in [-0.39, 0.29) is 6.10 Å². The first-order valence-electron chi connectivity index (χ1n) is 7.49. The second-order valence-corrected chi connectivity index (χ2v) is 5.68. The highest BCUT2D eigenvalue weighted by atomic mass is 16.5. The summed E-state index contributed by atoms with van der Waals surface area (Å²) >= 11 is 0. The molecule has 2 aromatic rings. The third-order valence-electron chi connectivity index (χ3n) is 4.06. The van der Waals surface area contributed by atoms with Gasteiger partial charge in [0.2, 0.25) is 0 Å². The molecular weight excluding hydrogens is 270 g/mol. The van der Waals surface area contributed by atoms with E-state index < -0.39 is 0 Å². The normalized spacial score (nSPS) is 18.6. The molecule has 1 aliphatic heterocycles. The fraction of sp³-hybridized carbons (Fsp3) is 0.100. The Balaban J connectivity index is 1.71. The Labute approximate surface area is 130 Å². The molecule has 4 rings (SSSR count). The molecule has 0 saturated carbocycles. The first-order chi connectivity index (χ1) is 10.8. The van der Waals surface area contributed by atoms with Crippen LogP contribution in [0.3, 0.4) is 0 Å². The fourth-order valence-corrected chi connectivity index (χ4v) is 3.00. The summed E-state index contributed by atoms with van der Waals surface area (Å²) in [7, 11) is 0. The second-order valence-electron chi connectivity index (χ2n) is 5.68. The Morgan fingerprint density at radius 3 is 2.73 bits per heavy atom. The summed E-state index contributed by atoms with van der Waals surface area (Å²) in [5.74, 6) is 0.937. The van der Waals surface area contributed by atoms with Crippen LogP contribution in [-0.4, -0.2) is 6.10 Å². The van der Waals surface area contributed by atoms with Gasteiger partial charge in [-0.15, -0.1) is 0 Å². The molecular formula is C20H17NO. The minimum Gasteiger partial charge on any atom is -0.481 e. The maximum Gasteiger partial charge on any atom is 0.143 e. The summed E-state index contributed by atoms with van der Waals surface area (Å²) in [4.78, 5) is 0. The Kier molecular flexibility index (Phi) is 3.08. The number of rotatable bonds is 2. The van der Waals surface area contributed by atoms with Crippen molar-refractivity contribution in [3.05, 3.63) is 95.2 Å². The molecule has 0 spiro atoms. The van der Waals surface area contributed by atoms with Gasteiger partial charge >= 0.3 is 0 Å². The lowest BCUT2D eigenvalue weighted by molar-refractivity contribution is 0.323. The maximum absolute atomic E-state index is 6.00. The molecule has 1 aliphatic carbocycles. The molecule has 2 nitrogen and oxygen atoms in total. The van der Waals surface area contributed by atoms with E-state index in [1.54, 1.807) is 0 Å². The van der Waals surface area contributed by atoms with Gasteiger partial charge < -0.3 is 10.5 Å². The Bertz CT molecular complexity index is 800. The SMILES string of the molecule is NC1=CC=CC2Oc3ccc(Cc4ccccc4)cc3C2=C1. The highest BCUT2D eigenvalue weighted by Crippen LogP contribution is 2.40. The van der Waals surface area contributed by atoms with Gasteiger partial charge in [0.05, 0.1) is 0 Å². The van der Waals surface area contributed by atoms with E-state index in [1.165, 1.54) is 11.1 Å². The van der Waals surface area contributed by atoms with Gasteiger partial charge in [0, 0.05) is 16.8 Å². The van der Waals surface area contributed by atoms with Crippen molar-refractivity contribution in [2.45, 2.75) is 12.5 Å². The molecule has 0 saturated heterocycles. The zero-order valence-corrected chi connectivity index (χ0v) is 12.2. The molecule has 1 heterocycles. The van der Waals surface area contributed by atoms with Gasteiger partial charge in [-0.1, -0.05) is 42.5 Å². The number of benzene rings is 2. The maximum atomic E-state index is 6.00. The van der Waals surface area contributed by atoms with Crippen LogP contribution in [0.5, 0.6) is 5.75 Å². The van der Waals surface area contributed by atoms with Crippen molar-refractivity contribution < 1.29 is 4.74 Å². The highest BCUT2D eigenvalue weighted by molar-refractivity contribution is 5.81. The molecule has 0 bridgehead atoms. The largest absolute Gasteiger partial charge is 0.481 e. The van der Waals surface area contributed by atoms with Crippen molar-refractivity contribution in [3.8, 4) is 5.75 Å². The van der Waals surface area contributed by atoms with Gasteiger partial charge in [-0.25, -0.2) is 0 Å². The van der Waals surface area contributed by atoms with Gasteiger partial charge in [-0.05, 0) is 47.9 Å². The molecule has 2 aliphatic rings. The van der Waals surface area contributed by atoms with Gasteiger partial charge in [0.15, 0.2) is 0 Å². The summed E-state index contributed by atoms with van der Waals surface area (Å²) in [5, 5.41) is 0. The van der Waals surface area contributed by atoms with E-state index in [9.17, 15) is 0 Å². The van der Waals surface area contributed by atoms with E-state index >= 15 is 0 Å². The number of hydrogen-bond donors (Lipinski definition) is 1. The topological polar surface area (TPSA) is 35.2 Å². The molecule has 0 amide bonds. The third kappa shape index (κ3) is 2.33. The average Bonchev–Trinajstić information content (AvgIpc) is 2.74. The molecule has 0 fully saturated rings. The molecule has 0 aromatic heterocycles. The van der Waals surface area contributed by atoms with Crippen LogP contribution >= 0.6 is 0 Å².